The Morgan fingerprint density at radius 3 is 2.35 bits per heavy atom. The molecule has 0 aliphatic carbocycles. The van der Waals surface area contributed by atoms with E-state index in [-0.39, 0.29) is 6.54 Å². The number of benzene rings is 1. The van der Waals surface area contributed by atoms with Crippen molar-refractivity contribution >= 4 is 29.1 Å². The summed E-state index contributed by atoms with van der Waals surface area (Å²) in [6.45, 7) is 3.50. The van der Waals surface area contributed by atoms with Crippen LogP contribution in [0.2, 0.25) is 0 Å². The zero-order chi connectivity index (χ0) is 18.4. The van der Waals surface area contributed by atoms with Gasteiger partial charge in [0.05, 0.1) is 22.5 Å². The Kier molecular flexibility index (Phi) is 3.57. The number of anilines is 1. The summed E-state index contributed by atoms with van der Waals surface area (Å²) in [7, 11) is 0. The number of imidazole rings is 1. The molecular weight excluding hydrogens is 332 g/mol. The van der Waals surface area contributed by atoms with E-state index in [2.05, 4.69) is 10.3 Å². The molecule has 0 radical (unpaired) electrons. The topological polar surface area (TPSA) is 83.8 Å². The zero-order valence-corrected chi connectivity index (χ0v) is 14.3. The second kappa shape index (κ2) is 5.80. The van der Waals surface area contributed by atoms with Gasteiger partial charge in [-0.25, -0.2) is 4.98 Å². The highest BCUT2D eigenvalue weighted by molar-refractivity contribution is 6.22. The fourth-order valence-electron chi connectivity index (χ4n) is 3.11. The lowest BCUT2D eigenvalue weighted by Gasteiger charge is -2.14. The SMILES string of the molecule is Cc1nc2c(NC(=O)CN3C(=O)c4ccccc4C3=O)cccn2c1C. The summed E-state index contributed by atoms with van der Waals surface area (Å²) in [6.07, 6.45) is 1.87. The minimum Gasteiger partial charge on any atom is -0.321 e. The molecule has 3 heterocycles. The summed E-state index contributed by atoms with van der Waals surface area (Å²) in [6, 6.07) is 10.1. The van der Waals surface area contributed by atoms with Gasteiger partial charge in [0.15, 0.2) is 5.65 Å². The average Bonchev–Trinajstić information content (AvgIpc) is 3.06. The highest BCUT2D eigenvalue weighted by Crippen LogP contribution is 2.23. The van der Waals surface area contributed by atoms with Crippen LogP contribution in [-0.2, 0) is 4.79 Å². The maximum atomic E-state index is 12.5. The number of aryl methyl sites for hydroxylation is 2. The van der Waals surface area contributed by atoms with Crippen LogP contribution in [0.25, 0.3) is 5.65 Å². The van der Waals surface area contributed by atoms with Crippen molar-refractivity contribution in [2.45, 2.75) is 13.8 Å². The summed E-state index contributed by atoms with van der Waals surface area (Å²) in [4.78, 5) is 42.6. The van der Waals surface area contributed by atoms with Gasteiger partial charge < -0.3 is 9.72 Å². The van der Waals surface area contributed by atoms with Crippen molar-refractivity contribution in [2.24, 2.45) is 0 Å². The van der Waals surface area contributed by atoms with Gasteiger partial charge in [0.2, 0.25) is 5.91 Å². The van der Waals surface area contributed by atoms with Crippen molar-refractivity contribution in [3.8, 4) is 0 Å². The third-order valence-corrected chi connectivity index (χ3v) is 4.58. The fraction of sp³-hybridized carbons (Fsp3) is 0.158. The Morgan fingerprint density at radius 2 is 1.69 bits per heavy atom. The van der Waals surface area contributed by atoms with E-state index in [1.807, 2.05) is 24.4 Å². The fourth-order valence-corrected chi connectivity index (χ4v) is 3.11. The number of nitrogens with zero attached hydrogens (tertiary/aromatic N) is 3. The van der Waals surface area contributed by atoms with Crippen molar-refractivity contribution in [1.82, 2.24) is 14.3 Å². The smallest absolute Gasteiger partial charge is 0.262 e. The molecule has 0 saturated carbocycles. The lowest BCUT2D eigenvalue weighted by atomic mass is 10.1. The van der Waals surface area contributed by atoms with Crippen LogP contribution >= 0.6 is 0 Å². The predicted octanol–water partition coefficient (Wildman–Crippen LogP) is 2.19. The van der Waals surface area contributed by atoms with Crippen molar-refractivity contribution in [1.29, 1.82) is 0 Å². The molecule has 26 heavy (non-hydrogen) atoms. The van der Waals surface area contributed by atoms with Gasteiger partial charge in [-0.2, -0.15) is 0 Å². The number of hydrogen-bond donors (Lipinski definition) is 1. The molecule has 4 rings (SSSR count). The van der Waals surface area contributed by atoms with Gasteiger partial charge in [0.1, 0.15) is 6.54 Å². The first-order chi connectivity index (χ1) is 12.5. The third-order valence-electron chi connectivity index (χ3n) is 4.58. The molecule has 1 aromatic carbocycles. The molecular formula is C19H16N4O3. The number of rotatable bonds is 3. The first-order valence-corrected chi connectivity index (χ1v) is 8.16. The maximum absolute atomic E-state index is 12.5. The minimum atomic E-state index is -0.453. The monoisotopic (exact) mass is 348 g/mol. The number of carbonyl (C=O) groups excluding carboxylic acids is 3. The van der Waals surface area contributed by atoms with E-state index in [9.17, 15) is 14.4 Å². The number of imide groups is 1. The van der Waals surface area contributed by atoms with E-state index < -0.39 is 17.7 Å². The molecule has 3 amide bonds. The number of nitrogens with one attached hydrogen (secondary N) is 1. The van der Waals surface area contributed by atoms with Crippen molar-refractivity contribution in [2.75, 3.05) is 11.9 Å². The van der Waals surface area contributed by atoms with Gasteiger partial charge in [-0.05, 0) is 38.1 Å². The van der Waals surface area contributed by atoms with Crippen LogP contribution in [0.5, 0.6) is 0 Å². The van der Waals surface area contributed by atoms with Gasteiger partial charge in [-0.3, -0.25) is 19.3 Å². The molecule has 1 aliphatic rings. The van der Waals surface area contributed by atoms with Crippen LogP contribution in [0.3, 0.4) is 0 Å². The lowest BCUT2D eigenvalue weighted by molar-refractivity contribution is -0.116. The number of fused-ring (bicyclic) bond motifs is 2. The van der Waals surface area contributed by atoms with Gasteiger partial charge in [0, 0.05) is 11.9 Å². The number of aromatic nitrogens is 2. The van der Waals surface area contributed by atoms with E-state index in [1.165, 1.54) is 0 Å². The highest BCUT2D eigenvalue weighted by atomic mass is 16.2. The van der Waals surface area contributed by atoms with Crippen LogP contribution in [0, 0.1) is 13.8 Å². The molecule has 0 unspecified atom stereocenters. The number of hydrogen-bond acceptors (Lipinski definition) is 4. The first kappa shape index (κ1) is 16.0. The van der Waals surface area contributed by atoms with Crippen molar-refractivity contribution in [3.05, 3.63) is 65.1 Å². The Labute approximate surface area is 149 Å². The van der Waals surface area contributed by atoms with Gasteiger partial charge in [-0.15, -0.1) is 0 Å². The van der Waals surface area contributed by atoms with Gasteiger partial charge in [-0.1, -0.05) is 12.1 Å². The minimum absolute atomic E-state index is 0.326. The van der Waals surface area contributed by atoms with E-state index in [0.29, 0.717) is 22.5 Å². The highest BCUT2D eigenvalue weighted by Gasteiger charge is 2.36. The Balaban J connectivity index is 1.57. The van der Waals surface area contributed by atoms with Crippen LogP contribution in [0.1, 0.15) is 32.1 Å². The molecule has 0 spiro atoms. The summed E-state index contributed by atoms with van der Waals surface area (Å²) < 4.78 is 1.88. The van der Waals surface area contributed by atoms with E-state index in [4.69, 9.17) is 0 Å². The average molecular weight is 348 g/mol. The lowest BCUT2D eigenvalue weighted by Crippen LogP contribution is -2.37. The Morgan fingerprint density at radius 1 is 1.04 bits per heavy atom. The van der Waals surface area contributed by atoms with Gasteiger partial charge >= 0.3 is 0 Å². The predicted molar refractivity (Wildman–Crippen MR) is 95.1 cm³/mol. The number of amides is 3. The third kappa shape index (κ3) is 2.36. The molecule has 1 aliphatic heterocycles. The molecule has 130 valence electrons. The number of carbonyl (C=O) groups is 3. The first-order valence-electron chi connectivity index (χ1n) is 8.16. The molecule has 0 bridgehead atoms. The maximum Gasteiger partial charge on any atom is 0.262 e. The normalized spacial score (nSPS) is 13.4. The second-order valence-corrected chi connectivity index (χ2v) is 6.19. The number of pyridine rings is 1. The summed E-state index contributed by atoms with van der Waals surface area (Å²) in [5, 5.41) is 2.75. The van der Waals surface area contributed by atoms with Crippen LogP contribution in [0.4, 0.5) is 5.69 Å². The summed E-state index contributed by atoms with van der Waals surface area (Å²) in [5.41, 5.74) is 3.66. The quantitative estimate of drug-likeness (QED) is 0.736. The largest absolute Gasteiger partial charge is 0.321 e. The molecule has 1 N–H and O–H groups in total. The van der Waals surface area contributed by atoms with Gasteiger partial charge in [0.25, 0.3) is 11.8 Å². The van der Waals surface area contributed by atoms with E-state index >= 15 is 0 Å². The zero-order valence-electron chi connectivity index (χ0n) is 14.3. The molecule has 7 heteroatoms. The van der Waals surface area contributed by atoms with Crippen LogP contribution < -0.4 is 5.32 Å². The Hall–Kier alpha value is -3.48. The summed E-state index contributed by atoms with van der Waals surface area (Å²) in [5.74, 6) is -1.36. The Bertz CT molecular complexity index is 1050. The molecule has 0 fully saturated rings. The molecule has 7 nitrogen and oxygen atoms in total. The second-order valence-electron chi connectivity index (χ2n) is 6.19. The molecule has 0 atom stereocenters. The molecule has 2 aromatic heterocycles. The molecule has 0 saturated heterocycles. The van der Waals surface area contributed by atoms with E-state index in [0.717, 1.165) is 16.3 Å². The van der Waals surface area contributed by atoms with Crippen molar-refractivity contribution < 1.29 is 14.4 Å². The standard InChI is InChI=1S/C19H16N4O3/c1-11-12(2)22-9-5-8-15(17(22)20-11)21-16(24)10-23-18(25)13-6-3-4-7-14(13)19(23)26/h3-9H,10H2,1-2H3,(H,21,24). The van der Waals surface area contributed by atoms with E-state index in [1.54, 1.807) is 36.4 Å². The summed E-state index contributed by atoms with van der Waals surface area (Å²) >= 11 is 0. The van der Waals surface area contributed by atoms with Crippen LogP contribution in [0.15, 0.2) is 42.6 Å². The van der Waals surface area contributed by atoms with Crippen LogP contribution in [-0.4, -0.2) is 38.6 Å². The van der Waals surface area contributed by atoms with Crippen molar-refractivity contribution in [3.63, 3.8) is 0 Å². The molecule has 3 aromatic rings.